The number of methoxy groups -OCH3 is 1. The van der Waals surface area contributed by atoms with Crippen LogP contribution < -0.4 is 9.47 Å². The molecule has 2 aliphatic heterocycles. The monoisotopic (exact) mass is 299 g/mol. The minimum atomic E-state index is -0.434. The van der Waals surface area contributed by atoms with Gasteiger partial charge < -0.3 is 14.6 Å². The van der Waals surface area contributed by atoms with E-state index in [0.717, 1.165) is 30.9 Å². The molecular weight excluding hydrogens is 278 g/mol. The van der Waals surface area contributed by atoms with Crippen LogP contribution in [-0.2, 0) is 11.8 Å². The Labute approximate surface area is 130 Å². The third-order valence-corrected chi connectivity index (χ3v) is 6.21. The normalized spacial score (nSPS) is 38.1. The third kappa shape index (κ3) is 1.28. The van der Waals surface area contributed by atoms with Crippen LogP contribution in [0.4, 0.5) is 0 Å². The van der Waals surface area contributed by atoms with Gasteiger partial charge in [-0.15, -0.1) is 0 Å². The lowest BCUT2D eigenvalue weighted by molar-refractivity contribution is -0.0124. The largest absolute Gasteiger partial charge is 0.493 e. The molecule has 1 aromatic rings. The molecule has 4 atom stereocenters. The summed E-state index contributed by atoms with van der Waals surface area (Å²) in [7, 11) is 3.90. The average Bonchev–Trinajstić information content (AvgIpc) is 2.88. The lowest BCUT2D eigenvalue weighted by Gasteiger charge is -2.54. The van der Waals surface area contributed by atoms with Crippen molar-refractivity contribution in [2.75, 3.05) is 20.7 Å². The number of nitrogens with zero attached hydrogens (tertiary/aromatic N) is 1. The Morgan fingerprint density at radius 2 is 2.27 bits per heavy atom. The summed E-state index contributed by atoms with van der Waals surface area (Å²) in [5.41, 5.74) is 4.00. The van der Waals surface area contributed by atoms with Crippen LogP contribution in [0, 0.1) is 0 Å². The van der Waals surface area contributed by atoms with Gasteiger partial charge in [0.2, 0.25) is 0 Å². The number of hydrogen-bond donors (Lipinski definition) is 1. The van der Waals surface area contributed by atoms with E-state index in [2.05, 4.69) is 24.1 Å². The fourth-order valence-electron chi connectivity index (χ4n) is 5.25. The third-order valence-electron chi connectivity index (χ3n) is 6.21. The first kappa shape index (κ1) is 13.0. The molecule has 0 amide bonds. The summed E-state index contributed by atoms with van der Waals surface area (Å²) in [6.45, 7) is 1.05. The molecule has 1 aromatic carbocycles. The van der Waals surface area contributed by atoms with Crippen LogP contribution in [0.15, 0.2) is 23.8 Å². The van der Waals surface area contributed by atoms with Crippen molar-refractivity contribution >= 4 is 0 Å². The molecule has 1 N–H and O–H groups in total. The van der Waals surface area contributed by atoms with Gasteiger partial charge in [0.05, 0.1) is 18.6 Å². The summed E-state index contributed by atoms with van der Waals surface area (Å²) in [6.07, 6.45) is 4.42. The number of aliphatic hydroxyl groups is 1. The zero-order valence-corrected chi connectivity index (χ0v) is 13.0. The summed E-state index contributed by atoms with van der Waals surface area (Å²) < 4.78 is 11.8. The van der Waals surface area contributed by atoms with E-state index in [4.69, 9.17) is 9.47 Å². The Balaban J connectivity index is 1.84. The van der Waals surface area contributed by atoms with E-state index in [1.54, 1.807) is 7.11 Å². The van der Waals surface area contributed by atoms with Gasteiger partial charge in [-0.3, -0.25) is 4.90 Å². The molecule has 1 saturated heterocycles. The smallest absolute Gasteiger partial charge is 0.166 e. The summed E-state index contributed by atoms with van der Waals surface area (Å²) in [4.78, 5) is 2.46. The van der Waals surface area contributed by atoms with Crippen LogP contribution in [0.2, 0.25) is 0 Å². The zero-order chi connectivity index (χ0) is 15.1. The topological polar surface area (TPSA) is 41.9 Å². The fraction of sp³-hybridized carbons (Fsp3) is 0.556. The van der Waals surface area contributed by atoms with Crippen molar-refractivity contribution in [3.8, 4) is 11.5 Å². The van der Waals surface area contributed by atoms with E-state index in [1.807, 2.05) is 6.07 Å². The molecule has 1 spiro atoms. The number of piperidine rings is 1. The van der Waals surface area contributed by atoms with Crippen molar-refractivity contribution in [3.05, 3.63) is 34.9 Å². The Kier molecular flexibility index (Phi) is 2.39. The maximum atomic E-state index is 10.6. The quantitative estimate of drug-likeness (QED) is 0.801. The predicted molar refractivity (Wildman–Crippen MR) is 82.5 cm³/mol. The Hall–Kier alpha value is -1.52. The molecule has 0 aromatic heterocycles. The van der Waals surface area contributed by atoms with Crippen molar-refractivity contribution in [2.45, 2.75) is 42.9 Å². The molecule has 116 valence electrons. The second kappa shape index (κ2) is 4.06. The van der Waals surface area contributed by atoms with E-state index < -0.39 is 6.10 Å². The highest BCUT2D eigenvalue weighted by Gasteiger charge is 2.62. The lowest BCUT2D eigenvalue weighted by Crippen LogP contribution is -2.61. The minimum Gasteiger partial charge on any atom is -0.493 e. The molecule has 0 radical (unpaired) electrons. The molecule has 1 fully saturated rings. The summed E-state index contributed by atoms with van der Waals surface area (Å²) in [5, 5.41) is 10.6. The second-order valence-electron chi connectivity index (χ2n) is 7.05. The van der Waals surface area contributed by atoms with Gasteiger partial charge in [0, 0.05) is 11.6 Å². The number of rotatable bonds is 1. The van der Waals surface area contributed by atoms with E-state index in [1.165, 1.54) is 16.7 Å². The van der Waals surface area contributed by atoms with Gasteiger partial charge in [-0.25, -0.2) is 0 Å². The molecule has 22 heavy (non-hydrogen) atoms. The van der Waals surface area contributed by atoms with Gasteiger partial charge in [-0.2, -0.15) is 0 Å². The maximum Gasteiger partial charge on any atom is 0.166 e. The van der Waals surface area contributed by atoms with Crippen molar-refractivity contribution in [3.63, 3.8) is 0 Å². The van der Waals surface area contributed by atoms with Crippen molar-refractivity contribution in [2.24, 2.45) is 0 Å². The molecule has 2 heterocycles. The van der Waals surface area contributed by atoms with Crippen LogP contribution in [0.3, 0.4) is 0 Å². The van der Waals surface area contributed by atoms with Crippen molar-refractivity contribution < 1.29 is 14.6 Å². The number of hydrogen-bond acceptors (Lipinski definition) is 4. The van der Waals surface area contributed by atoms with Gasteiger partial charge in [-0.05, 0) is 50.1 Å². The average molecular weight is 299 g/mol. The van der Waals surface area contributed by atoms with Gasteiger partial charge >= 0.3 is 0 Å². The van der Waals surface area contributed by atoms with Gasteiger partial charge in [-0.1, -0.05) is 12.1 Å². The van der Waals surface area contributed by atoms with Crippen LogP contribution in [0.25, 0.3) is 0 Å². The summed E-state index contributed by atoms with van der Waals surface area (Å²) in [5.74, 6) is 1.67. The van der Waals surface area contributed by atoms with Crippen LogP contribution >= 0.6 is 0 Å². The van der Waals surface area contributed by atoms with Gasteiger partial charge in [0.25, 0.3) is 0 Å². The minimum absolute atomic E-state index is 0.133. The van der Waals surface area contributed by atoms with Gasteiger partial charge in [0.15, 0.2) is 11.5 Å². The maximum absolute atomic E-state index is 10.6. The first-order chi connectivity index (χ1) is 10.7. The molecule has 5 rings (SSSR count). The molecule has 1 unspecified atom stereocenters. The fourth-order valence-corrected chi connectivity index (χ4v) is 5.25. The summed E-state index contributed by atoms with van der Waals surface area (Å²) >= 11 is 0. The van der Waals surface area contributed by atoms with E-state index in [9.17, 15) is 5.11 Å². The van der Waals surface area contributed by atoms with Crippen molar-refractivity contribution in [1.82, 2.24) is 4.90 Å². The van der Waals surface area contributed by atoms with E-state index in [0.29, 0.717) is 12.5 Å². The Morgan fingerprint density at radius 1 is 1.41 bits per heavy atom. The predicted octanol–water partition coefficient (Wildman–Crippen LogP) is 1.65. The number of benzene rings is 1. The highest BCUT2D eigenvalue weighted by molar-refractivity contribution is 5.65. The van der Waals surface area contributed by atoms with E-state index in [-0.39, 0.29) is 11.5 Å². The SMILES string of the molecule is COc1ccc2c3c1OC1[C@H](O)CC=C4[C@@H](C2)N(C)CC[C@]431. The van der Waals surface area contributed by atoms with Crippen LogP contribution in [0.1, 0.15) is 24.0 Å². The highest BCUT2D eigenvalue weighted by Crippen LogP contribution is 2.62. The first-order valence-electron chi connectivity index (χ1n) is 8.12. The molecular formula is C18H21NO3. The number of likely N-dealkylation sites (N-methyl/N-ethyl adjacent to an activating group) is 1. The van der Waals surface area contributed by atoms with Crippen LogP contribution in [-0.4, -0.2) is 49.0 Å². The molecule has 2 aliphatic carbocycles. The molecule has 2 bridgehead atoms. The number of ether oxygens (including phenoxy) is 2. The van der Waals surface area contributed by atoms with Gasteiger partial charge in [0.1, 0.15) is 6.10 Å². The first-order valence-corrected chi connectivity index (χ1v) is 8.12. The Bertz CT molecular complexity index is 698. The molecule has 0 saturated carbocycles. The second-order valence-corrected chi connectivity index (χ2v) is 7.05. The zero-order valence-electron chi connectivity index (χ0n) is 13.0. The standard InChI is InChI=1S/C18H21NO3/c1-19-8-7-18-11-4-5-13(20)17(18)22-16-14(21-2)6-3-10(15(16)18)9-12(11)19/h3-4,6,12-13,17,20H,5,7-9H2,1-2H3/t12-,13-,17?,18+/m1/s1. The van der Waals surface area contributed by atoms with Crippen molar-refractivity contribution in [1.29, 1.82) is 0 Å². The molecule has 4 aliphatic rings. The van der Waals surface area contributed by atoms with E-state index >= 15 is 0 Å². The summed E-state index contributed by atoms with van der Waals surface area (Å²) in [6, 6.07) is 4.65. The lowest BCUT2D eigenvalue weighted by atomic mass is 9.56. The van der Waals surface area contributed by atoms with Crippen LogP contribution in [0.5, 0.6) is 11.5 Å². The highest BCUT2D eigenvalue weighted by atomic mass is 16.5. The number of aliphatic hydroxyl groups excluding tert-OH is 1. The molecule has 4 nitrogen and oxygen atoms in total. The Morgan fingerprint density at radius 3 is 3.09 bits per heavy atom. The molecule has 4 heteroatoms. The number of likely N-dealkylation sites (tertiary alicyclic amines) is 1.